The van der Waals surface area contributed by atoms with Gasteiger partial charge in [-0.2, -0.15) is 0 Å². The predicted molar refractivity (Wildman–Crippen MR) is 108 cm³/mol. The molecule has 0 fully saturated rings. The molecular weight excluding hydrogens is 336 g/mol. The molecule has 4 nitrogen and oxygen atoms in total. The van der Waals surface area contributed by atoms with E-state index < -0.39 is 0 Å². The lowest BCUT2D eigenvalue weighted by molar-refractivity contribution is -0.121. The van der Waals surface area contributed by atoms with Gasteiger partial charge >= 0.3 is 0 Å². The maximum atomic E-state index is 12.3. The van der Waals surface area contributed by atoms with Crippen molar-refractivity contribution < 1.29 is 9.59 Å². The molecule has 0 spiro atoms. The Morgan fingerprint density at radius 3 is 2.63 bits per heavy atom. The number of benzene rings is 2. The Morgan fingerprint density at radius 1 is 1.07 bits per heavy atom. The SMILES string of the molecule is CCCCc1ccc(C(=O)NCC(=O)NC2CCCc3ccccc32)cc1. The third-order valence-corrected chi connectivity index (χ3v) is 5.15. The first kappa shape index (κ1) is 19.2. The van der Waals surface area contributed by atoms with Gasteiger partial charge in [0.15, 0.2) is 0 Å². The first-order valence-electron chi connectivity index (χ1n) is 9.91. The number of hydrogen-bond donors (Lipinski definition) is 2. The molecule has 1 atom stereocenters. The second kappa shape index (κ2) is 9.36. The Morgan fingerprint density at radius 2 is 1.85 bits per heavy atom. The molecular formula is C23H28N2O2. The Labute approximate surface area is 161 Å². The fourth-order valence-corrected chi connectivity index (χ4v) is 3.62. The van der Waals surface area contributed by atoms with Crippen molar-refractivity contribution in [2.45, 2.75) is 51.5 Å². The van der Waals surface area contributed by atoms with E-state index in [1.807, 2.05) is 36.4 Å². The average Bonchev–Trinajstić information content (AvgIpc) is 2.71. The maximum absolute atomic E-state index is 12.3. The first-order chi connectivity index (χ1) is 13.2. The van der Waals surface area contributed by atoms with Gasteiger partial charge in [0.1, 0.15) is 0 Å². The second-order valence-corrected chi connectivity index (χ2v) is 7.19. The lowest BCUT2D eigenvalue weighted by atomic mass is 9.88. The van der Waals surface area contributed by atoms with Crippen LogP contribution in [0.25, 0.3) is 0 Å². The van der Waals surface area contributed by atoms with Gasteiger partial charge in [0.25, 0.3) is 5.91 Å². The minimum Gasteiger partial charge on any atom is -0.348 e. The largest absolute Gasteiger partial charge is 0.348 e. The zero-order valence-corrected chi connectivity index (χ0v) is 16.0. The number of carbonyl (C=O) groups is 2. The highest BCUT2D eigenvalue weighted by atomic mass is 16.2. The van der Waals surface area contributed by atoms with E-state index in [9.17, 15) is 9.59 Å². The normalized spacial score (nSPS) is 15.7. The summed E-state index contributed by atoms with van der Waals surface area (Å²) in [6, 6.07) is 15.9. The van der Waals surface area contributed by atoms with Gasteiger partial charge in [-0.3, -0.25) is 9.59 Å². The van der Waals surface area contributed by atoms with Crippen LogP contribution in [0.2, 0.25) is 0 Å². The highest BCUT2D eigenvalue weighted by Crippen LogP contribution is 2.29. The lowest BCUT2D eigenvalue weighted by Gasteiger charge is -2.26. The number of carbonyl (C=O) groups excluding carboxylic acids is 2. The molecule has 2 aromatic rings. The first-order valence-corrected chi connectivity index (χ1v) is 9.91. The summed E-state index contributed by atoms with van der Waals surface area (Å²) in [6.07, 6.45) is 6.41. The van der Waals surface area contributed by atoms with E-state index in [4.69, 9.17) is 0 Å². The number of aryl methyl sites for hydroxylation is 2. The summed E-state index contributed by atoms with van der Waals surface area (Å²) in [4.78, 5) is 24.6. The number of amides is 2. The van der Waals surface area contributed by atoms with Crippen molar-refractivity contribution in [3.05, 3.63) is 70.8 Å². The Hall–Kier alpha value is -2.62. The Bertz CT molecular complexity index is 783. The van der Waals surface area contributed by atoms with Crippen LogP contribution in [0.3, 0.4) is 0 Å². The van der Waals surface area contributed by atoms with Crippen molar-refractivity contribution >= 4 is 11.8 Å². The zero-order chi connectivity index (χ0) is 19.1. The van der Waals surface area contributed by atoms with Crippen LogP contribution in [0.1, 0.15) is 65.7 Å². The monoisotopic (exact) mass is 364 g/mol. The molecule has 1 unspecified atom stereocenters. The number of hydrogen-bond acceptors (Lipinski definition) is 2. The molecule has 4 heteroatoms. The van der Waals surface area contributed by atoms with E-state index in [2.05, 4.69) is 29.7 Å². The quantitative estimate of drug-likeness (QED) is 0.781. The summed E-state index contributed by atoms with van der Waals surface area (Å²) >= 11 is 0. The van der Waals surface area contributed by atoms with Crippen molar-refractivity contribution in [1.29, 1.82) is 0 Å². The van der Waals surface area contributed by atoms with Crippen molar-refractivity contribution in [3.8, 4) is 0 Å². The van der Waals surface area contributed by atoms with Gasteiger partial charge in [0.2, 0.25) is 5.91 Å². The third kappa shape index (κ3) is 5.19. The van der Waals surface area contributed by atoms with Gasteiger partial charge in [-0.05, 0) is 60.9 Å². The van der Waals surface area contributed by atoms with Crippen LogP contribution in [0.4, 0.5) is 0 Å². The highest BCUT2D eigenvalue weighted by molar-refractivity contribution is 5.96. The molecule has 3 rings (SSSR count). The summed E-state index contributed by atoms with van der Waals surface area (Å²) in [7, 11) is 0. The minimum absolute atomic E-state index is 0.00487. The molecule has 2 aromatic carbocycles. The van der Waals surface area contributed by atoms with Crippen molar-refractivity contribution in [1.82, 2.24) is 10.6 Å². The molecule has 0 aliphatic heterocycles. The van der Waals surface area contributed by atoms with Gasteiger partial charge in [-0.1, -0.05) is 49.7 Å². The van der Waals surface area contributed by atoms with E-state index in [0.717, 1.165) is 38.5 Å². The fraction of sp³-hybridized carbons (Fsp3) is 0.391. The lowest BCUT2D eigenvalue weighted by Crippen LogP contribution is -2.39. The van der Waals surface area contributed by atoms with Gasteiger partial charge in [-0.25, -0.2) is 0 Å². The van der Waals surface area contributed by atoms with Crippen LogP contribution in [0.5, 0.6) is 0 Å². The van der Waals surface area contributed by atoms with E-state index in [-0.39, 0.29) is 24.4 Å². The minimum atomic E-state index is -0.212. The van der Waals surface area contributed by atoms with Gasteiger partial charge in [0, 0.05) is 5.56 Å². The van der Waals surface area contributed by atoms with Gasteiger partial charge in [-0.15, -0.1) is 0 Å². The van der Waals surface area contributed by atoms with E-state index in [1.54, 1.807) is 0 Å². The van der Waals surface area contributed by atoms with E-state index >= 15 is 0 Å². The molecule has 0 saturated heterocycles. The smallest absolute Gasteiger partial charge is 0.251 e. The van der Waals surface area contributed by atoms with Crippen molar-refractivity contribution in [3.63, 3.8) is 0 Å². The second-order valence-electron chi connectivity index (χ2n) is 7.19. The summed E-state index contributed by atoms with van der Waals surface area (Å²) in [5.41, 5.74) is 4.33. The van der Waals surface area contributed by atoms with Crippen molar-refractivity contribution in [2.24, 2.45) is 0 Å². The van der Waals surface area contributed by atoms with E-state index in [1.165, 1.54) is 16.7 Å². The van der Waals surface area contributed by atoms with Crippen molar-refractivity contribution in [2.75, 3.05) is 6.54 Å². The molecule has 2 N–H and O–H groups in total. The molecule has 0 bridgehead atoms. The molecule has 0 saturated carbocycles. The van der Waals surface area contributed by atoms with Crippen LogP contribution < -0.4 is 10.6 Å². The standard InChI is InChI=1S/C23H28N2O2/c1-2-3-7-17-12-14-19(15-13-17)23(27)24-16-22(26)25-21-11-6-9-18-8-4-5-10-20(18)21/h4-5,8,10,12-15,21H,2-3,6-7,9,11,16H2,1H3,(H,24,27)(H,25,26). The highest BCUT2D eigenvalue weighted by Gasteiger charge is 2.21. The zero-order valence-electron chi connectivity index (χ0n) is 16.0. The third-order valence-electron chi connectivity index (χ3n) is 5.15. The summed E-state index contributed by atoms with van der Waals surface area (Å²) in [5.74, 6) is -0.360. The average molecular weight is 364 g/mol. The van der Waals surface area contributed by atoms with Crippen LogP contribution in [0.15, 0.2) is 48.5 Å². The molecule has 0 aromatic heterocycles. The number of nitrogens with one attached hydrogen (secondary N) is 2. The molecule has 0 radical (unpaired) electrons. The summed E-state index contributed by atoms with van der Waals surface area (Å²) in [6.45, 7) is 2.16. The maximum Gasteiger partial charge on any atom is 0.251 e. The van der Waals surface area contributed by atoms with E-state index in [0.29, 0.717) is 5.56 Å². The molecule has 27 heavy (non-hydrogen) atoms. The summed E-state index contributed by atoms with van der Waals surface area (Å²) < 4.78 is 0. The molecule has 0 heterocycles. The molecule has 1 aliphatic rings. The Balaban J connectivity index is 1.50. The molecule has 1 aliphatic carbocycles. The van der Waals surface area contributed by atoms with Crippen LogP contribution >= 0.6 is 0 Å². The van der Waals surface area contributed by atoms with Crippen LogP contribution in [0, 0.1) is 0 Å². The molecule has 142 valence electrons. The van der Waals surface area contributed by atoms with Crippen LogP contribution in [-0.2, 0) is 17.6 Å². The van der Waals surface area contributed by atoms with Crippen LogP contribution in [-0.4, -0.2) is 18.4 Å². The Kier molecular flexibility index (Phi) is 6.64. The number of unbranched alkanes of at least 4 members (excludes halogenated alkanes) is 1. The van der Waals surface area contributed by atoms with Gasteiger partial charge in [0.05, 0.1) is 12.6 Å². The summed E-state index contributed by atoms with van der Waals surface area (Å²) in [5, 5.41) is 5.78. The number of rotatable bonds is 7. The fourth-order valence-electron chi connectivity index (χ4n) is 3.62. The molecule has 2 amide bonds. The number of fused-ring (bicyclic) bond motifs is 1. The topological polar surface area (TPSA) is 58.2 Å². The van der Waals surface area contributed by atoms with Gasteiger partial charge < -0.3 is 10.6 Å². The predicted octanol–water partition coefficient (Wildman–Crippen LogP) is 3.95.